The topological polar surface area (TPSA) is 47.5 Å². The van der Waals surface area contributed by atoms with Crippen molar-refractivity contribution < 1.29 is 5.11 Å². The first-order valence-corrected chi connectivity index (χ1v) is 7.66. The number of nitrogens with zero attached hydrogens (tertiary/aromatic N) is 1. The van der Waals surface area contributed by atoms with Gasteiger partial charge in [-0.1, -0.05) is 6.42 Å². The van der Waals surface area contributed by atoms with Crippen LogP contribution in [0.5, 0.6) is 0 Å². The van der Waals surface area contributed by atoms with Crippen LogP contribution in [0, 0.1) is 17.8 Å². The van der Waals surface area contributed by atoms with Crippen molar-refractivity contribution in [1.29, 1.82) is 0 Å². The fourth-order valence-electron chi connectivity index (χ4n) is 3.90. The van der Waals surface area contributed by atoms with E-state index in [1.165, 1.54) is 45.4 Å². The summed E-state index contributed by atoms with van der Waals surface area (Å²) in [4.78, 5) is 2.46. The average molecular weight is 253 g/mol. The van der Waals surface area contributed by atoms with E-state index in [1.807, 2.05) is 0 Å². The fraction of sp³-hybridized carbons (Fsp3) is 1.00. The van der Waals surface area contributed by atoms with Crippen molar-refractivity contribution in [1.82, 2.24) is 15.5 Å². The van der Waals surface area contributed by atoms with Crippen molar-refractivity contribution in [3.63, 3.8) is 0 Å². The van der Waals surface area contributed by atoms with E-state index in [0.717, 1.165) is 30.8 Å². The summed E-state index contributed by atoms with van der Waals surface area (Å²) in [6.45, 7) is 7.38. The highest BCUT2D eigenvalue weighted by atomic mass is 16.3. The van der Waals surface area contributed by atoms with Crippen LogP contribution in [0.15, 0.2) is 0 Å². The standard InChI is InChI=1S/C14H27N3O/c18-10-11-3-1-2-5-17(11)6-4-15-7-12-13-8-16-9-14(12)13/h11-16,18H,1-10H2/t11?,12?,13-,14+. The Morgan fingerprint density at radius 1 is 1.22 bits per heavy atom. The van der Waals surface area contributed by atoms with Gasteiger partial charge in [0.1, 0.15) is 0 Å². The minimum atomic E-state index is 0.332. The molecule has 0 amide bonds. The summed E-state index contributed by atoms with van der Waals surface area (Å²) in [5.74, 6) is 2.89. The Morgan fingerprint density at radius 2 is 2.06 bits per heavy atom. The molecule has 0 spiro atoms. The van der Waals surface area contributed by atoms with Gasteiger partial charge < -0.3 is 15.7 Å². The lowest BCUT2D eigenvalue weighted by Gasteiger charge is -2.34. The minimum absolute atomic E-state index is 0.332. The first-order valence-electron chi connectivity index (χ1n) is 7.66. The van der Waals surface area contributed by atoms with E-state index >= 15 is 0 Å². The van der Waals surface area contributed by atoms with Gasteiger partial charge in [0.2, 0.25) is 0 Å². The fourth-order valence-corrected chi connectivity index (χ4v) is 3.90. The Balaban J connectivity index is 1.29. The van der Waals surface area contributed by atoms with Gasteiger partial charge in [0.25, 0.3) is 0 Å². The average Bonchev–Trinajstić information content (AvgIpc) is 2.85. The van der Waals surface area contributed by atoms with E-state index in [-0.39, 0.29) is 0 Å². The molecule has 0 aromatic rings. The van der Waals surface area contributed by atoms with Crippen LogP contribution in [0.1, 0.15) is 19.3 Å². The highest BCUT2D eigenvalue weighted by Crippen LogP contribution is 2.47. The lowest BCUT2D eigenvalue weighted by atomic mass is 10.0. The van der Waals surface area contributed by atoms with Crippen molar-refractivity contribution in [2.45, 2.75) is 25.3 Å². The second kappa shape index (κ2) is 5.87. The van der Waals surface area contributed by atoms with Gasteiger partial charge in [-0.15, -0.1) is 0 Å². The van der Waals surface area contributed by atoms with Crippen LogP contribution in [0.4, 0.5) is 0 Å². The zero-order valence-corrected chi connectivity index (χ0v) is 11.3. The second-order valence-corrected chi connectivity index (χ2v) is 6.22. The maximum Gasteiger partial charge on any atom is 0.0586 e. The zero-order chi connectivity index (χ0) is 12.4. The summed E-state index contributed by atoms with van der Waals surface area (Å²) < 4.78 is 0. The van der Waals surface area contributed by atoms with Gasteiger partial charge in [-0.2, -0.15) is 0 Å². The Hall–Kier alpha value is -0.160. The molecule has 0 radical (unpaired) electrons. The van der Waals surface area contributed by atoms with Gasteiger partial charge in [-0.25, -0.2) is 0 Å². The molecule has 3 rings (SSSR count). The number of aliphatic hydroxyl groups is 1. The van der Waals surface area contributed by atoms with Crippen molar-refractivity contribution in [3.8, 4) is 0 Å². The summed E-state index contributed by atoms with van der Waals surface area (Å²) >= 11 is 0. The molecule has 3 fully saturated rings. The number of likely N-dealkylation sites (tertiary alicyclic amines) is 1. The van der Waals surface area contributed by atoms with Crippen molar-refractivity contribution in [2.75, 3.05) is 45.9 Å². The number of fused-ring (bicyclic) bond motifs is 1. The van der Waals surface area contributed by atoms with E-state index in [2.05, 4.69) is 15.5 Å². The molecule has 4 heteroatoms. The van der Waals surface area contributed by atoms with Crippen LogP contribution in [0.3, 0.4) is 0 Å². The van der Waals surface area contributed by atoms with E-state index in [9.17, 15) is 5.11 Å². The maximum atomic E-state index is 9.36. The molecule has 4 nitrogen and oxygen atoms in total. The number of hydrogen-bond acceptors (Lipinski definition) is 4. The highest BCUT2D eigenvalue weighted by molar-refractivity contribution is 5.04. The molecule has 0 aromatic carbocycles. The largest absolute Gasteiger partial charge is 0.395 e. The maximum absolute atomic E-state index is 9.36. The molecule has 2 saturated heterocycles. The SMILES string of the molecule is OCC1CCCCN1CCNCC1[C@H]2CNC[C@@H]12. The molecule has 0 bridgehead atoms. The second-order valence-electron chi connectivity index (χ2n) is 6.22. The van der Waals surface area contributed by atoms with Gasteiger partial charge in [-0.3, -0.25) is 4.90 Å². The van der Waals surface area contributed by atoms with Crippen molar-refractivity contribution in [3.05, 3.63) is 0 Å². The number of rotatable bonds is 6. The molecule has 2 heterocycles. The molecular formula is C14H27N3O. The molecule has 3 aliphatic rings. The van der Waals surface area contributed by atoms with Gasteiger partial charge in [0.05, 0.1) is 6.61 Å². The number of nitrogens with one attached hydrogen (secondary N) is 2. The third-order valence-electron chi connectivity index (χ3n) is 5.18. The van der Waals surface area contributed by atoms with Crippen molar-refractivity contribution >= 4 is 0 Å². The third-order valence-corrected chi connectivity index (χ3v) is 5.18. The first kappa shape index (κ1) is 12.9. The third kappa shape index (κ3) is 2.72. The van der Waals surface area contributed by atoms with Gasteiger partial charge in [-0.05, 0) is 56.8 Å². The number of piperidine rings is 2. The monoisotopic (exact) mass is 253 g/mol. The van der Waals surface area contributed by atoms with Crippen LogP contribution in [-0.4, -0.2) is 61.9 Å². The van der Waals surface area contributed by atoms with Crippen molar-refractivity contribution in [2.24, 2.45) is 17.8 Å². The summed E-state index contributed by atoms with van der Waals surface area (Å²) in [6.07, 6.45) is 3.76. The summed E-state index contributed by atoms with van der Waals surface area (Å²) in [7, 11) is 0. The first-order chi connectivity index (χ1) is 8.90. The number of hydrogen-bond donors (Lipinski definition) is 3. The Morgan fingerprint density at radius 3 is 2.83 bits per heavy atom. The van der Waals surface area contributed by atoms with Crippen LogP contribution in [0.25, 0.3) is 0 Å². The molecule has 2 unspecified atom stereocenters. The molecule has 18 heavy (non-hydrogen) atoms. The summed E-state index contributed by atoms with van der Waals surface area (Å²) in [5, 5.41) is 16.4. The molecule has 104 valence electrons. The van der Waals surface area contributed by atoms with E-state index in [0.29, 0.717) is 12.6 Å². The molecule has 4 atom stereocenters. The van der Waals surface area contributed by atoms with Gasteiger partial charge >= 0.3 is 0 Å². The Labute approximate surface area is 110 Å². The van der Waals surface area contributed by atoms with E-state index in [4.69, 9.17) is 0 Å². The molecule has 1 aliphatic carbocycles. The lowest BCUT2D eigenvalue weighted by Crippen LogP contribution is -2.45. The molecule has 3 N–H and O–H groups in total. The number of aliphatic hydroxyl groups excluding tert-OH is 1. The Kier molecular flexibility index (Phi) is 4.19. The predicted molar refractivity (Wildman–Crippen MR) is 72.5 cm³/mol. The summed E-state index contributed by atoms with van der Waals surface area (Å²) in [6, 6.07) is 0.421. The molecule has 1 saturated carbocycles. The smallest absolute Gasteiger partial charge is 0.0586 e. The van der Waals surface area contributed by atoms with E-state index < -0.39 is 0 Å². The predicted octanol–water partition coefficient (Wildman–Crippen LogP) is -0.112. The highest BCUT2D eigenvalue weighted by Gasteiger charge is 2.51. The minimum Gasteiger partial charge on any atom is -0.395 e. The van der Waals surface area contributed by atoms with Gasteiger partial charge in [0, 0.05) is 19.1 Å². The normalized spacial score (nSPS) is 39.8. The van der Waals surface area contributed by atoms with Crippen LogP contribution in [0.2, 0.25) is 0 Å². The molecule has 2 aliphatic heterocycles. The quantitative estimate of drug-likeness (QED) is 0.578. The Bertz CT molecular complexity index is 264. The van der Waals surface area contributed by atoms with Crippen LogP contribution < -0.4 is 10.6 Å². The van der Waals surface area contributed by atoms with E-state index in [1.54, 1.807) is 0 Å². The zero-order valence-electron chi connectivity index (χ0n) is 11.3. The van der Waals surface area contributed by atoms with Crippen LogP contribution >= 0.6 is 0 Å². The van der Waals surface area contributed by atoms with Crippen LogP contribution in [-0.2, 0) is 0 Å². The molecular weight excluding hydrogens is 226 g/mol. The summed E-state index contributed by atoms with van der Waals surface area (Å²) in [5.41, 5.74) is 0. The van der Waals surface area contributed by atoms with Gasteiger partial charge in [0.15, 0.2) is 0 Å². The molecule has 0 aromatic heterocycles. The lowest BCUT2D eigenvalue weighted by molar-refractivity contribution is 0.0910.